The van der Waals surface area contributed by atoms with Crippen LogP contribution in [-0.2, 0) is 29.0 Å². The minimum absolute atomic E-state index is 0.134. The van der Waals surface area contributed by atoms with E-state index in [2.05, 4.69) is 26.1 Å². The molecule has 0 radical (unpaired) electrons. The number of hydrogen-bond acceptors (Lipinski definition) is 5. The molecule has 0 aliphatic carbocycles. The SMILES string of the molecule is Cc1noc(CCC(=O)N2Cc3cccc(Br)c3CC2C(=O)O)n1. The van der Waals surface area contributed by atoms with E-state index < -0.39 is 12.0 Å². The summed E-state index contributed by atoms with van der Waals surface area (Å²) in [5, 5.41) is 13.2. The highest BCUT2D eigenvalue weighted by atomic mass is 79.9. The second kappa shape index (κ2) is 6.72. The van der Waals surface area contributed by atoms with Gasteiger partial charge >= 0.3 is 5.97 Å². The number of rotatable bonds is 4. The monoisotopic (exact) mass is 393 g/mol. The first-order valence-electron chi connectivity index (χ1n) is 7.53. The molecule has 1 aromatic heterocycles. The summed E-state index contributed by atoms with van der Waals surface area (Å²) in [5.41, 5.74) is 1.91. The van der Waals surface area contributed by atoms with Gasteiger partial charge in [-0.25, -0.2) is 4.79 Å². The summed E-state index contributed by atoms with van der Waals surface area (Å²) in [5.74, 6) is -0.340. The average molecular weight is 394 g/mol. The molecule has 1 atom stereocenters. The van der Waals surface area contributed by atoms with Gasteiger partial charge in [-0.15, -0.1) is 0 Å². The Hall–Kier alpha value is -2.22. The van der Waals surface area contributed by atoms with E-state index in [1.807, 2.05) is 18.2 Å². The largest absolute Gasteiger partial charge is 0.480 e. The molecule has 1 amide bonds. The van der Waals surface area contributed by atoms with Gasteiger partial charge in [0.2, 0.25) is 11.8 Å². The topological polar surface area (TPSA) is 96.5 Å². The van der Waals surface area contributed by atoms with Gasteiger partial charge in [-0.1, -0.05) is 33.2 Å². The Morgan fingerprint density at radius 1 is 1.46 bits per heavy atom. The van der Waals surface area contributed by atoms with Crippen molar-refractivity contribution in [1.82, 2.24) is 15.0 Å². The lowest BCUT2D eigenvalue weighted by Crippen LogP contribution is -2.48. The van der Waals surface area contributed by atoms with Crippen LogP contribution < -0.4 is 0 Å². The smallest absolute Gasteiger partial charge is 0.326 e. The molecule has 126 valence electrons. The summed E-state index contributed by atoms with van der Waals surface area (Å²) in [7, 11) is 0. The fraction of sp³-hybridized carbons (Fsp3) is 0.375. The number of carbonyl (C=O) groups is 2. The number of aliphatic carboxylic acids is 1. The molecule has 1 N–H and O–H groups in total. The van der Waals surface area contributed by atoms with Crippen LogP contribution in [0.25, 0.3) is 0 Å². The number of nitrogens with zero attached hydrogens (tertiary/aromatic N) is 3. The fourth-order valence-electron chi connectivity index (χ4n) is 2.86. The number of aromatic nitrogens is 2. The molecule has 1 aliphatic rings. The number of benzene rings is 1. The molecule has 1 aromatic carbocycles. The zero-order chi connectivity index (χ0) is 17.3. The van der Waals surface area contributed by atoms with Gasteiger partial charge in [-0.3, -0.25) is 4.79 Å². The summed E-state index contributed by atoms with van der Waals surface area (Å²) >= 11 is 3.46. The number of carboxylic acids is 1. The molecule has 0 saturated heterocycles. The predicted octanol–water partition coefficient (Wildman–Crippen LogP) is 2.11. The second-order valence-electron chi connectivity index (χ2n) is 5.69. The summed E-state index contributed by atoms with van der Waals surface area (Å²) in [6, 6.07) is 4.81. The van der Waals surface area contributed by atoms with Gasteiger partial charge in [0.25, 0.3) is 0 Å². The Morgan fingerprint density at radius 3 is 2.92 bits per heavy atom. The first-order valence-corrected chi connectivity index (χ1v) is 8.32. The molecule has 8 heteroatoms. The number of carbonyl (C=O) groups excluding carboxylic acids is 1. The van der Waals surface area contributed by atoms with Gasteiger partial charge in [0.05, 0.1) is 0 Å². The van der Waals surface area contributed by atoms with Crippen molar-refractivity contribution in [2.45, 2.75) is 38.8 Å². The predicted molar refractivity (Wildman–Crippen MR) is 87.2 cm³/mol. The number of aryl methyl sites for hydroxylation is 2. The van der Waals surface area contributed by atoms with Crippen LogP contribution in [0.2, 0.25) is 0 Å². The molecule has 0 bridgehead atoms. The fourth-order valence-corrected chi connectivity index (χ4v) is 3.43. The lowest BCUT2D eigenvalue weighted by Gasteiger charge is -2.35. The van der Waals surface area contributed by atoms with Crippen LogP contribution in [0, 0.1) is 6.92 Å². The number of fused-ring (bicyclic) bond motifs is 1. The summed E-state index contributed by atoms with van der Waals surface area (Å²) in [6.45, 7) is 1.99. The first-order chi connectivity index (χ1) is 11.5. The van der Waals surface area contributed by atoms with Crippen molar-refractivity contribution in [3.05, 3.63) is 45.5 Å². The Morgan fingerprint density at radius 2 is 2.25 bits per heavy atom. The van der Waals surface area contributed by atoms with Gasteiger partial charge in [0, 0.05) is 30.3 Å². The zero-order valence-corrected chi connectivity index (χ0v) is 14.6. The third-order valence-corrected chi connectivity index (χ3v) is 4.80. The zero-order valence-electron chi connectivity index (χ0n) is 13.0. The van der Waals surface area contributed by atoms with Crippen LogP contribution in [-0.4, -0.2) is 38.1 Å². The van der Waals surface area contributed by atoms with E-state index in [-0.39, 0.29) is 25.3 Å². The molecule has 2 aromatic rings. The molecular weight excluding hydrogens is 378 g/mol. The van der Waals surface area contributed by atoms with Crippen LogP contribution >= 0.6 is 15.9 Å². The van der Waals surface area contributed by atoms with E-state index in [0.29, 0.717) is 18.1 Å². The van der Waals surface area contributed by atoms with Crippen molar-refractivity contribution in [2.24, 2.45) is 0 Å². The van der Waals surface area contributed by atoms with Gasteiger partial charge in [0.1, 0.15) is 6.04 Å². The molecule has 24 heavy (non-hydrogen) atoms. The maximum Gasteiger partial charge on any atom is 0.326 e. The van der Waals surface area contributed by atoms with Gasteiger partial charge in [-0.05, 0) is 24.1 Å². The first kappa shape index (κ1) is 16.6. The van der Waals surface area contributed by atoms with Crippen LogP contribution in [0.1, 0.15) is 29.3 Å². The molecule has 0 fully saturated rings. The van der Waals surface area contributed by atoms with E-state index in [9.17, 15) is 14.7 Å². The summed E-state index contributed by atoms with van der Waals surface area (Å²) in [6.07, 6.45) is 0.722. The minimum atomic E-state index is -1.00. The third kappa shape index (κ3) is 3.33. The molecule has 3 rings (SSSR count). The van der Waals surface area contributed by atoms with E-state index in [0.717, 1.165) is 15.6 Å². The maximum atomic E-state index is 12.5. The van der Waals surface area contributed by atoms with Crippen molar-refractivity contribution in [1.29, 1.82) is 0 Å². The van der Waals surface area contributed by atoms with Crippen molar-refractivity contribution >= 4 is 27.8 Å². The van der Waals surface area contributed by atoms with Crippen molar-refractivity contribution in [2.75, 3.05) is 0 Å². The molecular formula is C16H16BrN3O4. The molecule has 1 unspecified atom stereocenters. The minimum Gasteiger partial charge on any atom is -0.480 e. The second-order valence-corrected chi connectivity index (χ2v) is 6.55. The molecule has 0 saturated carbocycles. The highest BCUT2D eigenvalue weighted by Crippen LogP contribution is 2.30. The van der Waals surface area contributed by atoms with Crippen LogP contribution in [0.15, 0.2) is 27.2 Å². The van der Waals surface area contributed by atoms with Crippen LogP contribution in [0.4, 0.5) is 0 Å². The Kier molecular flexibility index (Phi) is 4.66. The Labute approximate surface area is 146 Å². The summed E-state index contributed by atoms with van der Waals surface area (Å²) < 4.78 is 5.87. The number of amides is 1. The maximum absolute atomic E-state index is 12.5. The molecule has 7 nitrogen and oxygen atoms in total. The highest BCUT2D eigenvalue weighted by molar-refractivity contribution is 9.10. The van der Waals surface area contributed by atoms with Gasteiger partial charge in [0.15, 0.2) is 5.82 Å². The molecule has 0 spiro atoms. The third-order valence-electron chi connectivity index (χ3n) is 4.06. The number of halogens is 1. The molecule has 1 aliphatic heterocycles. The highest BCUT2D eigenvalue weighted by Gasteiger charge is 2.35. The van der Waals surface area contributed by atoms with Crippen molar-refractivity contribution in [3.63, 3.8) is 0 Å². The van der Waals surface area contributed by atoms with Crippen molar-refractivity contribution in [3.8, 4) is 0 Å². The Balaban J connectivity index is 1.77. The van der Waals surface area contributed by atoms with Crippen molar-refractivity contribution < 1.29 is 19.2 Å². The van der Waals surface area contributed by atoms with E-state index in [4.69, 9.17) is 4.52 Å². The quantitative estimate of drug-likeness (QED) is 0.854. The number of hydrogen-bond donors (Lipinski definition) is 1. The van der Waals surface area contributed by atoms with Gasteiger partial charge < -0.3 is 14.5 Å². The lowest BCUT2D eigenvalue weighted by atomic mass is 9.93. The van der Waals surface area contributed by atoms with Crippen LogP contribution in [0.3, 0.4) is 0 Å². The van der Waals surface area contributed by atoms with E-state index >= 15 is 0 Å². The number of carboxylic acid groups (broad SMARTS) is 1. The van der Waals surface area contributed by atoms with E-state index in [1.54, 1.807) is 6.92 Å². The lowest BCUT2D eigenvalue weighted by molar-refractivity contribution is -0.151. The average Bonchev–Trinajstić information content (AvgIpc) is 2.97. The Bertz CT molecular complexity index is 789. The summed E-state index contributed by atoms with van der Waals surface area (Å²) in [4.78, 5) is 29.6. The standard InChI is InChI=1S/C16H16BrN3O4/c1-9-18-14(24-19-9)5-6-15(21)20-8-10-3-2-4-12(17)11(10)7-13(20)16(22)23/h2-4,13H,5-8H2,1H3,(H,22,23). The van der Waals surface area contributed by atoms with Crippen LogP contribution in [0.5, 0.6) is 0 Å². The van der Waals surface area contributed by atoms with Gasteiger partial charge in [-0.2, -0.15) is 4.98 Å². The normalized spacial score (nSPS) is 16.8. The molecule has 2 heterocycles. The van der Waals surface area contributed by atoms with E-state index in [1.165, 1.54) is 4.90 Å².